The minimum Gasteiger partial charge on any atom is -0.377 e. The molecule has 0 radical (unpaired) electrons. The highest BCUT2D eigenvalue weighted by Crippen LogP contribution is 2.17. The van der Waals surface area contributed by atoms with Crippen LogP contribution in [0.3, 0.4) is 0 Å². The van der Waals surface area contributed by atoms with Gasteiger partial charge in [0.05, 0.1) is 6.10 Å². The van der Waals surface area contributed by atoms with E-state index in [1.54, 1.807) is 0 Å². The molecule has 15 heavy (non-hydrogen) atoms. The zero-order valence-corrected chi connectivity index (χ0v) is 9.58. The molecule has 2 atom stereocenters. The van der Waals surface area contributed by atoms with Gasteiger partial charge in [0.1, 0.15) is 0 Å². The molecule has 0 aromatic rings. The Labute approximate surface area is 93.1 Å². The van der Waals surface area contributed by atoms with Gasteiger partial charge in [-0.2, -0.15) is 0 Å². The van der Waals surface area contributed by atoms with E-state index in [2.05, 4.69) is 17.5 Å². The average molecular weight is 209 g/mol. The lowest BCUT2D eigenvalue weighted by molar-refractivity contribution is 0.0165. The quantitative estimate of drug-likeness (QED) is 0.718. The molecule has 2 aliphatic rings. The van der Waals surface area contributed by atoms with Gasteiger partial charge in [-0.1, -0.05) is 12.2 Å². The van der Waals surface area contributed by atoms with Gasteiger partial charge in [0, 0.05) is 13.2 Å². The maximum Gasteiger partial charge on any atom is 0.0699 e. The molecule has 2 heteroatoms. The van der Waals surface area contributed by atoms with Gasteiger partial charge in [-0.15, -0.1) is 0 Å². The molecule has 1 saturated heterocycles. The normalized spacial score (nSPS) is 31.7. The number of nitrogens with one attached hydrogen (secondary N) is 1. The summed E-state index contributed by atoms with van der Waals surface area (Å²) in [7, 11) is 0. The van der Waals surface area contributed by atoms with E-state index in [4.69, 9.17) is 4.74 Å². The topological polar surface area (TPSA) is 21.3 Å². The van der Waals surface area contributed by atoms with Crippen molar-refractivity contribution in [2.24, 2.45) is 5.92 Å². The molecule has 0 aromatic carbocycles. The Morgan fingerprint density at radius 2 is 2.13 bits per heavy atom. The summed E-state index contributed by atoms with van der Waals surface area (Å²) < 4.78 is 5.69. The van der Waals surface area contributed by atoms with Crippen molar-refractivity contribution in [2.75, 3.05) is 19.7 Å². The van der Waals surface area contributed by atoms with E-state index in [1.165, 1.54) is 45.1 Å². The molecule has 2 unspecified atom stereocenters. The second-order valence-electron chi connectivity index (χ2n) is 4.80. The molecule has 1 heterocycles. The maximum absolute atomic E-state index is 5.69. The summed E-state index contributed by atoms with van der Waals surface area (Å²) in [5.74, 6) is 0.860. The van der Waals surface area contributed by atoms with Gasteiger partial charge in [-0.05, 0) is 51.0 Å². The summed E-state index contributed by atoms with van der Waals surface area (Å²) in [6.07, 6.45) is 12.9. The van der Waals surface area contributed by atoms with Crippen LogP contribution >= 0.6 is 0 Å². The molecule has 1 N–H and O–H groups in total. The molecular weight excluding hydrogens is 186 g/mol. The Morgan fingerprint density at radius 1 is 1.13 bits per heavy atom. The highest BCUT2D eigenvalue weighted by atomic mass is 16.5. The van der Waals surface area contributed by atoms with Crippen LogP contribution in [0.25, 0.3) is 0 Å². The molecule has 1 aliphatic heterocycles. The lowest BCUT2D eigenvalue weighted by Crippen LogP contribution is -2.34. The first kappa shape index (κ1) is 11.2. The molecule has 0 spiro atoms. The number of allylic oxidation sites excluding steroid dienone is 2. The van der Waals surface area contributed by atoms with Gasteiger partial charge in [0.2, 0.25) is 0 Å². The second kappa shape index (κ2) is 6.29. The molecule has 0 amide bonds. The Balaban J connectivity index is 1.55. The number of ether oxygens (including phenoxy) is 1. The van der Waals surface area contributed by atoms with Crippen LogP contribution in [-0.2, 0) is 4.74 Å². The molecule has 1 fully saturated rings. The van der Waals surface area contributed by atoms with Crippen molar-refractivity contribution in [3.05, 3.63) is 12.2 Å². The third-order valence-electron chi connectivity index (χ3n) is 3.46. The van der Waals surface area contributed by atoms with Crippen LogP contribution in [0.15, 0.2) is 12.2 Å². The molecule has 2 rings (SSSR count). The second-order valence-corrected chi connectivity index (χ2v) is 4.80. The van der Waals surface area contributed by atoms with E-state index in [9.17, 15) is 0 Å². The molecule has 2 nitrogen and oxygen atoms in total. The van der Waals surface area contributed by atoms with E-state index in [1.807, 2.05) is 0 Å². The zero-order chi connectivity index (χ0) is 10.3. The van der Waals surface area contributed by atoms with Gasteiger partial charge in [0.25, 0.3) is 0 Å². The van der Waals surface area contributed by atoms with Crippen molar-refractivity contribution in [3.8, 4) is 0 Å². The van der Waals surface area contributed by atoms with Crippen LogP contribution in [0.2, 0.25) is 0 Å². The minimum atomic E-state index is 0.484. The van der Waals surface area contributed by atoms with Crippen LogP contribution in [0.4, 0.5) is 0 Å². The smallest absolute Gasteiger partial charge is 0.0699 e. The van der Waals surface area contributed by atoms with Gasteiger partial charge >= 0.3 is 0 Å². The van der Waals surface area contributed by atoms with Crippen LogP contribution in [0, 0.1) is 5.92 Å². The first-order valence-electron chi connectivity index (χ1n) is 6.42. The first-order chi connectivity index (χ1) is 7.45. The van der Waals surface area contributed by atoms with E-state index in [0.717, 1.165) is 19.1 Å². The van der Waals surface area contributed by atoms with Crippen LogP contribution in [0.5, 0.6) is 0 Å². The van der Waals surface area contributed by atoms with Gasteiger partial charge < -0.3 is 10.1 Å². The van der Waals surface area contributed by atoms with Crippen molar-refractivity contribution >= 4 is 0 Å². The fourth-order valence-corrected chi connectivity index (χ4v) is 2.46. The highest BCUT2D eigenvalue weighted by molar-refractivity contribution is 4.90. The van der Waals surface area contributed by atoms with E-state index in [0.29, 0.717) is 6.10 Å². The molecule has 0 saturated carbocycles. The van der Waals surface area contributed by atoms with Crippen molar-refractivity contribution in [2.45, 2.75) is 44.6 Å². The highest BCUT2D eigenvalue weighted by Gasteiger charge is 2.14. The summed E-state index contributed by atoms with van der Waals surface area (Å²) in [6, 6.07) is 0. The van der Waals surface area contributed by atoms with Crippen LogP contribution < -0.4 is 5.32 Å². The average Bonchev–Trinajstić information content (AvgIpc) is 2.32. The van der Waals surface area contributed by atoms with Crippen LogP contribution in [-0.4, -0.2) is 25.8 Å². The van der Waals surface area contributed by atoms with Gasteiger partial charge in [-0.3, -0.25) is 0 Å². The molecule has 0 bridgehead atoms. The van der Waals surface area contributed by atoms with Crippen molar-refractivity contribution < 1.29 is 4.74 Å². The third kappa shape index (κ3) is 3.96. The Bertz CT molecular complexity index is 197. The largest absolute Gasteiger partial charge is 0.377 e. The minimum absolute atomic E-state index is 0.484. The SMILES string of the molecule is C1=CCC(CNCC2CCCCO2)CC1. The summed E-state index contributed by atoms with van der Waals surface area (Å²) >= 11 is 0. The van der Waals surface area contributed by atoms with E-state index < -0.39 is 0 Å². The maximum atomic E-state index is 5.69. The van der Waals surface area contributed by atoms with Crippen molar-refractivity contribution in [3.63, 3.8) is 0 Å². The number of hydrogen-bond donors (Lipinski definition) is 1. The monoisotopic (exact) mass is 209 g/mol. The van der Waals surface area contributed by atoms with Crippen LogP contribution in [0.1, 0.15) is 38.5 Å². The first-order valence-corrected chi connectivity index (χ1v) is 6.42. The fraction of sp³-hybridized carbons (Fsp3) is 0.846. The summed E-state index contributed by atoms with van der Waals surface area (Å²) in [4.78, 5) is 0. The van der Waals surface area contributed by atoms with Crippen molar-refractivity contribution in [1.29, 1.82) is 0 Å². The lowest BCUT2D eigenvalue weighted by atomic mass is 9.94. The standard InChI is InChI=1S/C13H23NO/c1-2-6-12(7-3-1)10-14-11-13-8-4-5-9-15-13/h1-2,12-14H,3-11H2. The molecule has 1 aliphatic carbocycles. The summed E-state index contributed by atoms with van der Waals surface area (Å²) in [5.41, 5.74) is 0. The number of rotatable bonds is 4. The summed E-state index contributed by atoms with van der Waals surface area (Å²) in [6.45, 7) is 3.20. The Morgan fingerprint density at radius 3 is 2.87 bits per heavy atom. The predicted octanol–water partition coefficient (Wildman–Crippen LogP) is 2.50. The summed E-state index contributed by atoms with van der Waals surface area (Å²) in [5, 5.41) is 3.57. The predicted molar refractivity (Wildman–Crippen MR) is 62.9 cm³/mol. The van der Waals surface area contributed by atoms with Gasteiger partial charge in [-0.25, -0.2) is 0 Å². The van der Waals surface area contributed by atoms with Crippen molar-refractivity contribution in [1.82, 2.24) is 5.32 Å². The lowest BCUT2D eigenvalue weighted by Gasteiger charge is -2.24. The van der Waals surface area contributed by atoms with E-state index >= 15 is 0 Å². The van der Waals surface area contributed by atoms with Gasteiger partial charge in [0.15, 0.2) is 0 Å². The molecular formula is C13H23NO. The fourth-order valence-electron chi connectivity index (χ4n) is 2.46. The molecule has 86 valence electrons. The Kier molecular flexibility index (Phi) is 4.68. The number of hydrogen-bond acceptors (Lipinski definition) is 2. The zero-order valence-electron chi connectivity index (χ0n) is 9.58. The Hall–Kier alpha value is -0.340. The third-order valence-corrected chi connectivity index (χ3v) is 3.46. The molecule has 0 aromatic heterocycles. The van der Waals surface area contributed by atoms with E-state index in [-0.39, 0.29) is 0 Å².